The van der Waals surface area contributed by atoms with Crippen molar-refractivity contribution in [1.29, 1.82) is 0 Å². The van der Waals surface area contributed by atoms with Crippen LogP contribution in [0.1, 0.15) is 38.2 Å². The molecule has 2 rings (SSSR count). The molecule has 0 spiro atoms. The van der Waals surface area contributed by atoms with Crippen molar-refractivity contribution in [2.45, 2.75) is 38.6 Å². The van der Waals surface area contributed by atoms with E-state index in [4.69, 9.17) is 0 Å². The van der Waals surface area contributed by atoms with Crippen LogP contribution in [-0.2, 0) is 9.59 Å². The van der Waals surface area contributed by atoms with Gasteiger partial charge in [-0.05, 0) is 24.7 Å². The number of likely N-dealkylation sites (tertiary alicyclic amines) is 1. The Balaban J connectivity index is 2.05. The van der Waals surface area contributed by atoms with Gasteiger partial charge in [-0.2, -0.15) is 11.8 Å². The maximum absolute atomic E-state index is 13.1. The smallest absolute Gasteiger partial charge is 0.231 e. The standard InChI is InChI=1S/C19H28N2O2S/c1-14(2)18(22)20-16-10-7-11-21(12-16)19(23)17(13-24-3)15-8-5-4-6-9-15/h4-6,8-9,14,16-17H,7,10-13H2,1-3H3,(H,20,22). The van der Waals surface area contributed by atoms with E-state index in [9.17, 15) is 9.59 Å². The van der Waals surface area contributed by atoms with Gasteiger partial charge in [0.2, 0.25) is 11.8 Å². The van der Waals surface area contributed by atoms with Crippen LogP contribution >= 0.6 is 11.8 Å². The van der Waals surface area contributed by atoms with E-state index in [1.165, 1.54) is 0 Å². The Morgan fingerprint density at radius 3 is 2.62 bits per heavy atom. The lowest BCUT2D eigenvalue weighted by Gasteiger charge is -2.35. The van der Waals surface area contributed by atoms with E-state index < -0.39 is 0 Å². The van der Waals surface area contributed by atoms with E-state index >= 15 is 0 Å². The monoisotopic (exact) mass is 348 g/mol. The van der Waals surface area contributed by atoms with Crippen LogP contribution in [0.2, 0.25) is 0 Å². The fraction of sp³-hybridized carbons (Fsp3) is 0.579. The number of benzene rings is 1. The molecule has 1 aromatic rings. The van der Waals surface area contributed by atoms with E-state index in [-0.39, 0.29) is 29.7 Å². The van der Waals surface area contributed by atoms with Gasteiger partial charge in [0.1, 0.15) is 0 Å². The van der Waals surface area contributed by atoms with E-state index in [1.54, 1.807) is 11.8 Å². The summed E-state index contributed by atoms with van der Waals surface area (Å²) in [4.78, 5) is 26.9. The Morgan fingerprint density at radius 2 is 2.00 bits per heavy atom. The highest BCUT2D eigenvalue weighted by Gasteiger charge is 2.30. The van der Waals surface area contributed by atoms with Crippen LogP contribution in [-0.4, -0.2) is 47.9 Å². The zero-order valence-corrected chi connectivity index (χ0v) is 15.6. The van der Waals surface area contributed by atoms with Gasteiger partial charge in [-0.15, -0.1) is 0 Å². The molecule has 1 heterocycles. The topological polar surface area (TPSA) is 49.4 Å². The molecule has 1 saturated heterocycles. The molecule has 5 heteroatoms. The normalized spacial score (nSPS) is 19.2. The van der Waals surface area contributed by atoms with Gasteiger partial charge in [0, 0.05) is 30.8 Å². The van der Waals surface area contributed by atoms with Crippen LogP contribution in [0.3, 0.4) is 0 Å². The quantitative estimate of drug-likeness (QED) is 0.860. The van der Waals surface area contributed by atoms with E-state index in [0.29, 0.717) is 6.54 Å². The third-order valence-electron chi connectivity index (χ3n) is 4.44. The number of piperidine rings is 1. The maximum atomic E-state index is 13.1. The first-order valence-corrected chi connectivity index (χ1v) is 10.0. The summed E-state index contributed by atoms with van der Waals surface area (Å²) in [6.45, 7) is 5.19. The zero-order valence-electron chi connectivity index (χ0n) is 14.8. The second-order valence-electron chi connectivity index (χ2n) is 6.71. The molecular formula is C19H28N2O2S. The minimum Gasteiger partial charge on any atom is -0.351 e. The number of nitrogens with zero attached hydrogens (tertiary/aromatic N) is 1. The van der Waals surface area contributed by atoms with Gasteiger partial charge in [-0.1, -0.05) is 44.2 Å². The molecule has 132 valence electrons. The Labute approximate surface area is 149 Å². The lowest BCUT2D eigenvalue weighted by atomic mass is 9.97. The van der Waals surface area contributed by atoms with Crippen LogP contribution in [0.15, 0.2) is 30.3 Å². The van der Waals surface area contributed by atoms with Crippen LogP contribution in [0, 0.1) is 5.92 Å². The van der Waals surface area contributed by atoms with E-state index in [2.05, 4.69) is 5.32 Å². The number of carbonyl (C=O) groups is 2. The number of carbonyl (C=O) groups excluding carboxylic acids is 2. The molecule has 1 aliphatic rings. The molecule has 2 amide bonds. The van der Waals surface area contributed by atoms with Gasteiger partial charge in [-0.25, -0.2) is 0 Å². The van der Waals surface area contributed by atoms with Gasteiger partial charge < -0.3 is 10.2 Å². The number of amides is 2. The average molecular weight is 349 g/mol. The fourth-order valence-corrected chi connectivity index (χ4v) is 3.71. The molecule has 0 radical (unpaired) electrons. The summed E-state index contributed by atoms with van der Waals surface area (Å²) in [5, 5.41) is 3.08. The molecule has 2 unspecified atom stereocenters. The Morgan fingerprint density at radius 1 is 1.29 bits per heavy atom. The van der Waals surface area contributed by atoms with Crippen molar-refractivity contribution in [3.63, 3.8) is 0 Å². The number of hydrogen-bond acceptors (Lipinski definition) is 3. The van der Waals surface area contributed by atoms with Gasteiger partial charge >= 0.3 is 0 Å². The third-order valence-corrected chi connectivity index (χ3v) is 5.10. The van der Waals surface area contributed by atoms with Crippen molar-refractivity contribution in [2.75, 3.05) is 25.1 Å². The van der Waals surface area contributed by atoms with Gasteiger partial charge in [0.25, 0.3) is 0 Å². The van der Waals surface area contributed by atoms with Crippen molar-refractivity contribution in [2.24, 2.45) is 5.92 Å². The van der Waals surface area contributed by atoms with Crippen LogP contribution in [0.25, 0.3) is 0 Å². The summed E-state index contributed by atoms with van der Waals surface area (Å²) in [5.41, 5.74) is 1.07. The number of hydrogen-bond donors (Lipinski definition) is 1. The Kier molecular flexibility index (Phi) is 7.16. The van der Waals surface area contributed by atoms with Crippen molar-refractivity contribution in [1.82, 2.24) is 10.2 Å². The van der Waals surface area contributed by atoms with Crippen LogP contribution in [0.4, 0.5) is 0 Å². The molecule has 0 aromatic heterocycles. The summed E-state index contributed by atoms with van der Waals surface area (Å²) < 4.78 is 0. The zero-order chi connectivity index (χ0) is 17.5. The molecule has 1 fully saturated rings. The minimum absolute atomic E-state index is 0.0235. The molecule has 1 aromatic carbocycles. The fourth-order valence-electron chi connectivity index (χ4n) is 3.05. The maximum Gasteiger partial charge on any atom is 0.231 e. The third kappa shape index (κ3) is 5.00. The molecule has 24 heavy (non-hydrogen) atoms. The highest BCUT2D eigenvalue weighted by molar-refractivity contribution is 7.98. The number of thioether (sulfide) groups is 1. The molecule has 1 aliphatic heterocycles. The molecule has 2 atom stereocenters. The number of nitrogens with one attached hydrogen (secondary N) is 1. The summed E-state index contributed by atoms with van der Waals surface area (Å²) in [6, 6.07) is 10.1. The lowest BCUT2D eigenvalue weighted by molar-refractivity contribution is -0.135. The molecule has 4 nitrogen and oxygen atoms in total. The van der Waals surface area contributed by atoms with Gasteiger partial charge in [-0.3, -0.25) is 9.59 Å². The first-order chi connectivity index (χ1) is 11.5. The lowest BCUT2D eigenvalue weighted by Crippen LogP contribution is -2.51. The largest absolute Gasteiger partial charge is 0.351 e. The highest BCUT2D eigenvalue weighted by atomic mass is 32.2. The SMILES string of the molecule is CSCC(C(=O)N1CCCC(NC(=O)C(C)C)C1)c1ccccc1. The molecule has 1 N–H and O–H groups in total. The Hall–Kier alpha value is -1.49. The Bertz CT molecular complexity index is 548. The van der Waals surface area contributed by atoms with E-state index in [0.717, 1.165) is 30.7 Å². The number of rotatable bonds is 6. The van der Waals surface area contributed by atoms with Crippen LogP contribution < -0.4 is 5.32 Å². The van der Waals surface area contributed by atoms with Crippen molar-refractivity contribution < 1.29 is 9.59 Å². The second kappa shape index (κ2) is 9.11. The highest BCUT2D eigenvalue weighted by Crippen LogP contribution is 2.24. The van der Waals surface area contributed by atoms with Gasteiger partial charge in [0.15, 0.2) is 0 Å². The summed E-state index contributed by atoms with van der Waals surface area (Å²) in [5.74, 6) is 0.894. The minimum atomic E-state index is -0.110. The van der Waals surface area contributed by atoms with E-state index in [1.807, 2.05) is 55.3 Å². The van der Waals surface area contributed by atoms with Crippen molar-refractivity contribution >= 4 is 23.6 Å². The summed E-state index contributed by atoms with van der Waals surface area (Å²) in [6.07, 6.45) is 3.92. The average Bonchev–Trinajstić information content (AvgIpc) is 2.60. The molecular weight excluding hydrogens is 320 g/mol. The molecule has 0 aliphatic carbocycles. The first kappa shape index (κ1) is 18.8. The van der Waals surface area contributed by atoms with Gasteiger partial charge in [0.05, 0.1) is 5.92 Å². The van der Waals surface area contributed by atoms with Crippen molar-refractivity contribution in [3.05, 3.63) is 35.9 Å². The molecule has 0 bridgehead atoms. The first-order valence-electron chi connectivity index (χ1n) is 8.66. The van der Waals surface area contributed by atoms with Crippen molar-refractivity contribution in [3.8, 4) is 0 Å². The summed E-state index contributed by atoms with van der Waals surface area (Å²) in [7, 11) is 0. The summed E-state index contributed by atoms with van der Waals surface area (Å²) >= 11 is 1.70. The second-order valence-corrected chi connectivity index (χ2v) is 7.62. The predicted octanol–water partition coefficient (Wildman–Crippen LogP) is 2.90. The molecule has 0 saturated carbocycles. The van der Waals surface area contributed by atoms with Crippen LogP contribution in [0.5, 0.6) is 0 Å². The predicted molar refractivity (Wildman–Crippen MR) is 100 cm³/mol.